The topological polar surface area (TPSA) is 35.5 Å². The molecule has 1 aromatic rings. The van der Waals surface area contributed by atoms with Crippen molar-refractivity contribution in [2.75, 3.05) is 26.2 Å². The van der Waals surface area contributed by atoms with E-state index >= 15 is 0 Å². The second-order valence-corrected chi connectivity index (χ2v) is 4.84. The van der Waals surface area contributed by atoms with E-state index in [1.54, 1.807) is 4.90 Å². The van der Waals surface area contributed by atoms with Gasteiger partial charge in [0.15, 0.2) is 0 Å². The lowest BCUT2D eigenvalue weighted by Gasteiger charge is -2.40. The summed E-state index contributed by atoms with van der Waals surface area (Å²) < 4.78 is 38.1. The number of hydrogen-bond acceptors (Lipinski definition) is 3. The number of aliphatic hydroxyl groups is 1. The number of piperazine rings is 1. The average Bonchev–Trinajstić information content (AvgIpc) is 2.39. The number of rotatable bonds is 2. The van der Waals surface area contributed by atoms with Gasteiger partial charge in [0.1, 0.15) is 5.72 Å². The highest BCUT2D eigenvalue weighted by molar-refractivity contribution is 5.29. The van der Waals surface area contributed by atoms with Crippen LogP contribution >= 0.6 is 0 Å². The number of alkyl halides is 3. The molecule has 19 heavy (non-hydrogen) atoms. The summed E-state index contributed by atoms with van der Waals surface area (Å²) in [5, 5.41) is 13.7. The lowest BCUT2D eigenvalue weighted by molar-refractivity contribution is -0.138. The maximum Gasteiger partial charge on any atom is 0.416 e. The van der Waals surface area contributed by atoms with Gasteiger partial charge in [0.25, 0.3) is 0 Å². The number of halogens is 3. The maximum absolute atomic E-state index is 12.7. The summed E-state index contributed by atoms with van der Waals surface area (Å²) in [7, 11) is 0. The Morgan fingerprint density at radius 2 is 1.74 bits per heavy atom. The zero-order valence-corrected chi connectivity index (χ0v) is 10.7. The van der Waals surface area contributed by atoms with Crippen LogP contribution < -0.4 is 5.32 Å². The Morgan fingerprint density at radius 3 is 2.32 bits per heavy atom. The number of nitrogens with zero attached hydrogens (tertiary/aromatic N) is 1. The summed E-state index contributed by atoms with van der Waals surface area (Å²) in [6.07, 6.45) is -4.39. The molecule has 0 aliphatic carbocycles. The van der Waals surface area contributed by atoms with E-state index in [-0.39, 0.29) is 5.56 Å². The van der Waals surface area contributed by atoms with Crippen LogP contribution in [0.15, 0.2) is 24.3 Å². The molecule has 2 N–H and O–H groups in total. The standard InChI is InChI=1S/C13H17F3N2O/c1-12(19,18-7-5-17-6-8-18)10-3-2-4-11(9-10)13(14,15)16/h2-4,9,17,19H,5-8H2,1H3. The first-order valence-corrected chi connectivity index (χ1v) is 6.18. The fourth-order valence-electron chi connectivity index (χ4n) is 2.27. The molecule has 1 aliphatic rings. The predicted molar refractivity (Wildman–Crippen MR) is 65.5 cm³/mol. The van der Waals surface area contributed by atoms with Crippen LogP contribution in [0.3, 0.4) is 0 Å². The van der Waals surface area contributed by atoms with Gasteiger partial charge >= 0.3 is 6.18 Å². The van der Waals surface area contributed by atoms with Crippen molar-refractivity contribution in [3.05, 3.63) is 35.4 Å². The molecule has 1 atom stereocenters. The molecule has 1 heterocycles. The summed E-state index contributed by atoms with van der Waals surface area (Å²) in [6.45, 7) is 4.17. The van der Waals surface area contributed by atoms with Crippen LogP contribution in [0.5, 0.6) is 0 Å². The van der Waals surface area contributed by atoms with Gasteiger partial charge in [-0.1, -0.05) is 12.1 Å². The van der Waals surface area contributed by atoms with Crippen LogP contribution in [0.2, 0.25) is 0 Å². The zero-order chi connectivity index (χ0) is 14.1. The van der Waals surface area contributed by atoms with Crippen molar-refractivity contribution in [2.24, 2.45) is 0 Å². The van der Waals surface area contributed by atoms with Crippen LogP contribution in [0.4, 0.5) is 13.2 Å². The quantitative estimate of drug-likeness (QED) is 0.863. The number of benzene rings is 1. The molecule has 106 valence electrons. The molecule has 0 saturated carbocycles. The van der Waals surface area contributed by atoms with Gasteiger partial charge in [-0.15, -0.1) is 0 Å². The predicted octanol–water partition coefficient (Wildman–Crippen LogP) is 1.78. The lowest BCUT2D eigenvalue weighted by atomic mass is 9.99. The van der Waals surface area contributed by atoms with Crippen molar-refractivity contribution in [1.29, 1.82) is 0 Å². The van der Waals surface area contributed by atoms with Gasteiger partial charge in [-0.05, 0) is 24.6 Å². The largest absolute Gasteiger partial charge is 0.416 e. The smallest absolute Gasteiger partial charge is 0.372 e. The first-order valence-electron chi connectivity index (χ1n) is 6.18. The lowest BCUT2D eigenvalue weighted by Crippen LogP contribution is -2.53. The molecule has 1 fully saturated rings. The minimum Gasteiger partial charge on any atom is -0.372 e. The van der Waals surface area contributed by atoms with E-state index in [1.165, 1.54) is 19.1 Å². The van der Waals surface area contributed by atoms with Gasteiger partial charge in [0, 0.05) is 26.2 Å². The molecule has 0 amide bonds. The second kappa shape index (κ2) is 5.11. The molecule has 0 aromatic heterocycles. The molecular weight excluding hydrogens is 257 g/mol. The van der Waals surface area contributed by atoms with E-state index in [4.69, 9.17) is 0 Å². The van der Waals surface area contributed by atoms with Crippen molar-refractivity contribution >= 4 is 0 Å². The van der Waals surface area contributed by atoms with E-state index in [2.05, 4.69) is 5.32 Å². The SMILES string of the molecule is CC(O)(c1cccc(C(F)(F)F)c1)N1CCNCC1. The van der Waals surface area contributed by atoms with Crippen LogP contribution in [0.25, 0.3) is 0 Å². The molecule has 0 bridgehead atoms. The molecule has 0 radical (unpaired) electrons. The Morgan fingerprint density at radius 1 is 1.16 bits per heavy atom. The molecule has 3 nitrogen and oxygen atoms in total. The Balaban J connectivity index is 2.29. The van der Waals surface area contributed by atoms with E-state index < -0.39 is 17.5 Å². The second-order valence-electron chi connectivity index (χ2n) is 4.84. The van der Waals surface area contributed by atoms with Crippen LogP contribution in [-0.4, -0.2) is 36.2 Å². The van der Waals surface area contributed by atoms with Crippen molar-refractivity contribution in [3.63, 3.8) is 0 Å². The van der Waals surface area contributed by atoms with Gasteiger partial charge < -0.3 is 10.4 Å². The van der Waals surface area contributed by atoms with E-state index in [0.29, 0.717) is 13.1 Å². The van der Waals surface area contributed by atoms with E-state index in [1.807, 2.05) is 0 Å². The molecule has 2 rings (SSSR count). The van der Waals surface area contributed by atoms with Gasteiger partial charge in [-0.25, -0.2) is 0 Å². The van der Waals surface area contributed by atoms with Gasteiger partial charge in [0.2, 0.25) is 0 Å². The summed E-state index contributed by atoms with van der Waals surface area (Å²) in [4.78, 5) is 1.78. The highest BCUT2D eigenvalue weighted by atomic mass is 19.4. The molecule has 1 unspecified atom stereocenters. The average molecular weight is 274 g/mol. The normalized spacial score (nSPS) is 21.1. The molecule has 1 aliphatic heterocycles. The van der Waals surface area contributed by atoms with Gasteiger partial charge in [-0.2, -0.15) is 13.2 Å². The van der Waals surface area contributed by atoms with Crippen molar-refractivity contribution < 1.29 is 18.3 Å². The van der Waals surface area contributed by atoms with Crippen molar-refractivity contribution in [1.82, 2.24) is 10.2 Å². The summed E-state index contributed by atoms with van der Waals surface area (Å²) in [6, 6.07) is 4.88. The first-order chi connectivity index (χ1) is 8.82. The Kier molecular flexibility index (Phi) is 3.85. The van der Waals surface area contributed by atoms with Crippen LogP contribution in [-0.2, 0) is 11.9 Å². The Labute approximate surface area is 110 Å². The van der Waals surface area contributed by atoms with E-state index in [0.717, 1.165) is 25.2 Å². The molecule has 1 aromatic carbocycles. The molecule has 1 saturated heterocycles. The molecular formula is C13H17F3N2O. The molecule has 6 heteroatoms. The van der Waals surface area contributed by atoms with Gasteiger partial charge in [-0.3, -0.25) is 4.90 Å². The third-order valence-corrected chi connectivity index (χ3v) is 3.47. The van der Waals surface area contributed by atoms with Crippen molar-refractivity contribution in [3.8, 4) is 0 Å². The highest BCUT2D eigenvalue weighted by Gasteiger charge is 2.35. The number of hydrogen-bond donors (Lipinski definition) is 2. The Hall–Kier alpha value is -1.11. The summed E-state index contributed by atoms with van der Waals surface area (Å²) >= 11 is 0. The number of nitrogens with one attached hydrogen (secondary N) is 1. The third-order valence-electron chi connectivity index (χ3n) is 3.47. The highest BCUT2D eigenvalue weighted by Crippen LogP contribution is 2.33. The fraction of sp³-hybridized carbons (Fsp3) is 0.538. The zero-order valence-electron chi connectivity index (χ0n) is 10.7. The van der Waals surface area contributed by atoms with Crippen LogP contribution in [0.1, 0.15) is 18.1 Å². The fourth-order valence-corrected chi connectivity index (χ4v) is 2.27. The van der Waals surface area contributed by atoms with E-state index in [9.17, 15) is 18.3 Å². The maximum atomic E-state index is 12.7. The van der Waals surface area contributed by atoms with Gasteiger partial charge in [0.05, 0.1) is 5.56 Å². The minimum absolute atomic E-state index is 0.268. The molecule has 0 spiro atoms. The first kappa shape index (κ1) is 14.3. The Bertz CT molecular complexity index is 440. The monoisotopic (exact) mass is 274 g/mol. The minimum atomic E-state index is -4.39. The van der Waals surface area contributed by atoms with Crippen molar-refractivity contribution in [2.45, 2.75) is 18.8 Å². The summed E-state index contributed by atoms with van der Waals surface area (Å²) in [5.74, 6) is 0. The summed E-state index contributed by atoms with van der Waals surface area (Å²) in [5.41, 5.74) is -1.85. The third kappa shape index (κ3) is 3.08. The van der Waals surface area contributed by atoms with Crippen LogP contribution in [0, 0.1) is 0 Å².